The van der Waals surface area contributed by atoms with Crippen molar-refractivity contribution in [3.63, 3.8) is 0 Å². The SMILES string of the molecule is CC1CCC(c2ccc(CN(C(=O)C(F)(F)F)c3ccc4c(=O)n(COCC[Si](C)(C)C)cnc4c3)nc2)CC1. The Morgan fingerprint density at radius 2 is 1.82 bits per heavy atom. The highest BCUT2D eigenvalue weighted by Crippen LogP contribution is 2.35. The van der Waals surface area contributed by atoms with E-state index in [9.17, 15) is 22.8 Å². The Labute approximate surface area is 233 Å². The molecule has 3 aromatic rings. The third kappa shape index (κ3) is 7.57. The molecule has 0 radical (unpaired) electrons. The van der Waals surface area contributed by atoms with E-state index in [4.69, 9.17) is 4.74 Å². The molecule has 1 aliphatic rings. The second-order valence-corrected chi connectivity index (χ2v) is 17.6. The van der Waals surface area contributed by atoms with Crippen molar-refractivity contribution in [3.8, 4) is 0 Å². The number of aromatic nitrogens is 3. The first-order valence-corrected chi connectivity index (χ1v) is 17.4. The van der Waals surface area contributed by atoms with Crippen molar-refractivity contribution in [1.82, 2.24) is 14.5 Å². The number of carbonyl (C=O) groups excluding carboxylic acids is 1. The molecular weight excluding hydrogens is 537 g/mol. The van der Waals surface area contributed by atoms with Gasteiger partial charge in [-0.1, -0.05) is 45.5 Å². The number of anilines is 1. The molecule has 0 bridgehead atoms. The van der Waals surface area contributed by atoms with E-state index in [2.05, 4.69) is 36.5 Å². The van der Waals surface area contributed by atoms with Crippen LogP contribution in [0.15, 0.2) is 47.7 Å². The van der Waals surface area contributed by atoms with Crippen LogP contribution in [0, 0.1) is 5.92 Å². The Bertz CT molecular complexity index is 1380. The predicted molar refractivity (Wildman–Crippen MR) is 152 cm³/mol. The van der Waals surface area contributed by atoms with Gasteiger partial charge in [-0.25, -0.2) is 4.98 Å². The molecule has 40 heavy (non-hydrogen) atoms. The van der Waals surface area contributed by atoms with Gasteiger partial charge in [-0.3, -0.25) is 24.0 Å². The molecule has 0 atom stereocenters. The maximum absolute atomic E-state index is 13.6. The molecule has 2 aromatic heterocycles. The van der Waals surface area contributed by atoms with E-state index in [1.54, 1.807) is 12.3 Å². The van der Waals surface area contributed by atoms with E-state index >= 15 is 0 Å². The molecular formula is C29H37F3N4O3Si. The monoisotopic (exact) mass is 574 g/mol. The number of carbonyl (C=O) groups is 1. The Morgan fingerprint density at radius 1 is 1.10 bits per heavy atom. The third-order valence-corrected chi connectivity index (χ3v) is 9.19. The summed E-state index contributed by atoms with van der Waals surface area (Å²) >= 11 is 0. The summed E-state index contributed by atoms with van der Waals surface area (Å²) in [5, 5.41) is 0.226. The van der Waals surface area contributed by atoms with Crippen LogP contribution in [0.1, 0.15) is 49.8 Å². The number of rotatable bonds is 9. The molecule has 0 unspecified atom stereocenters. The number of ether oxygens (including phenoxy) is 1. The summed E-state index contributed by atoms with van der Waals surface area (Å²) in [7, 11) is -1.28. The topological polar surface area (TPSA) is 77.3 Å². The molecule has 0 N–H and O–H groups in total. The quantitative estimate of drug-likeness (QED) is 0.216. The van der Waals surface area contributed by atoms with Gasteiger partial charge in [0.25, 0.3) is 5.56 Å². The zero-order chi connectivity index (χ0) is 29.1. The second-order valence-electron chi connectivity index (χ2n) is 12.0. The molecule has 2 heterocycles. The Morgan fingerprint density at radius 3 is 2.45 bits per heavy atom. The van der Waals surface area contributed by atoms with Gasteiger partial charge in [0.2, 0.25) is 0 Å². The van der Waals surface area contributed by atoms with Crippen LogP contribution in [0.3, 0.4) is 0 Å². The second kappa shape index (κ2) is 12.2. The minimum atomic E-state index is -5.09. The lowest BCUT2D eigenvalue weighted by Gasteiger charge is -2.27. The summed E-state index contributed by atoms with van der Waals surface area (Å²) in [6.45, 7) is 9.13. The Hall–Kier alpha value is -3.05. The van der Waals surface area contributed by atoms with Crippen LogP contribution in [0.2, 0.25) is 25.7 Å². The number of amides is 1. The summed E-state index contributed by atoms with van der Waals surface area (Å²) in [5.74, 6) is -0.909. The van der Waals surface area contributed by atoms with Crippen LogP contribution < -0.4 is 10.5 Å². The van der Waals surface area contributed by atoms with Crippen molar-refractivity contribution in [2.24, 2.45) is 5.92 Å². The average Bonchev–Trinajstić information content (AvgIpc) is 2.90. The highest BCUT2D eigenvalue weighted by atomic mass is 28.3. The highest BCUT2D eigenvalue weighted by Gasteiger charge is 2.43. The molecule has 1 fully saturated rings. The van der Waals surface area contributed by atoms with Gasteiger partial charge in [0.05, 0.1) is 23.1 Å². The number of pyridine rings is 1. The van der Waals surface area contributed by atoms with Crippen LogP contribution in [0.4, 0.5) is 18.9 Å². The van der Waals surface area contributed by atoms with Gasteiger partial charge in [0, 0.05) is 26.6 Å². The zero-order valence-electron chi connectivity index (χ0n) is 23.5. The van der Waals surface area contributed by atoms with Crippen molar-refractivity contribution in [2.45, 2.75) is 83.7 Å². The van der Waals surface area contributed by atoms with E-state index in [0.29, 0.717) is 29.0 Å². The number of hydrogen-bond donors (Lipinski definition) is 0. The Balaban J connectivity index is 1.55. The molecule has 0 spiro atoms. The molecule has 11 heteroatoms. The van der Waals surface area contributed by atoms with Crippen LogP contribution in [-0.4, -0.2) is 41.3 Å². The average molecular weight is 575 g/mol. The molecule has 1 amide bonds. The van der Waals surface area contributed by atoms with Gasteiger partial charge in [-0.2, -0.15) is 13.2 Å². The van der Waals surface area contributed by atoms with E-state index in [1.807, 2.05) is 6.07 Å². The van der Waals surface area contributed by atoms with Crippen LogP contribution in [-0.2, 0) is 22.8 Å². The van der Waals surface area contributed by atoms with Crippen molar-refractivity contribution in [3.05, 3.63) is 64.5 Å². The van der Waals surface area contributed by atoms with Gasteiger partial charge in [-0.15, -0.1) is 0 Å². The minimum Gasteiger partial charge on any atom is -0.361 e. The van der Waals surface area contributed by atoms with Crippen molar-refractivity contribution >= 4 is 30.6 Å². The molecule has 7 nitrogen and oxygen atoms in total. The summed E-state index contributed by atoms with van der Waals surface area (Å²) in [6.07, 6.45) is 2.36. The number of nitrogens with zero attached hydrogens (tertiary/aromatic N) is 4. The standard InChI is InChI=1S/C29H37F3N4O3Si/c1-20-5-7-21(8-6-20)22-9-10-23(33-16-22)17-36(28(38)29(30,31)32)24-11-12-25-26(15-24)34-18-35(27(25)37)19-39-13-14-40(2,3)4/h9-12,15-16,18,20-21H,5-8,13-14,17,19H2,1-4H3. The number of benzene rings is 1. The molecule has 4 rings (SSSR count). The van der Waals surface area contributed by atoms with Crippen molar-refractivity contribution in [1.29, 1.82) is 0 Å². The molecule has 0 saturated heterocycles. The van der Waals surface area contributed by atoms with Gasteiger partial charge in [0.15, 0.2) is 0 Å². The van der Waals surface area contributed by atoms with Gasteiger partial charge in [0.1, 0.15) is 13.1 Å². The van der Waals surface area contributed by atoms with Crippen LogP contribution in [0.25, 0.3) is 10.9 Å². The fraction of sp³-hybridized carbons (Fsp3) is 0.517. The van der Waals surface area contributed by atoms with Crippen LogP contribution >= 0.6 is 0 Å². The third-order valence-electron chi connectivity index (χ3n) is 7.49. The Kier molecular flexibility index (Phi) is 9.14. The largest absolute Gasteiger partial charge is 0.471 e. The summed E-state index contributed by atoms with van der Waals surface area (Å²) in [5.41, 5.74) is 1.21. The molecule has 0 aliphatic heterocycles. The molecule has 216 valence electrons. The number of halogens is 3. The fourth-order valence-corrected chi connectivity index (χ4v) is 5.66. The first kappa shape index (κ1) is 29.9. The van der Waals surface area contributed by atoms with Gasteiger partial charge < -0.3 is 4.74 Å². The lowest BCUT2D eigenvalue weighted by molar-refractivity contribution is -0.170. The van der Waals surface area contributed by atoms with Crippen molar-refractivity contribution in [2.75, 3.05) is 11.5 Å². The molecule has 1 aliphatic carbocycles. The number of alkyl halides is 3. The highest BCUT2D eigenvalue weighted by molar-refractivity contribution is 6.76. The minimum absolute atomic E-state index is 0.0157. The maximum atomic E-state index is 13.6. The molecule has 1 saturated carbocycles. The summed E-state index contributed by atoms with van der Waals surface area (Å²) < 4.78 is 47.7. The first-order valence-electron chi connectivity index (χ1n) is 13.7. The number of fused-ring (bicyclic) bond motifs is 1. The van der Waals surface area contributed by atoms with E-state index < -0.39 is 20.2 Å². The first-order chi connectivity index (χ1) is 18.8. The maximum Gasteiger partial charge on any atom is 0.471 e. The summed E-state index contributed by atoms with van der Waals surface area (Å²) in [6, 6.07) is 8.60. The van der Waals surface area contributed by atoms with E-state index in [0.717, 1.165) is 37.3 Å². The summed E-state index contributed by atoms with van der Waals surface area (Å²) in [4.78, 5) is 34.7. The van der Waals surface area contributed by atoms with Gasteiger partial charge >= 0.3 is 12.1 Å². The van der Waals surface area contributed by atoms with Gasteiger partial charge in [-0.05, 0) is 60.6 Å². The van der Waals surface area contributed by atoms with Crippen molar-refractivity contribution < 1.29 is 22.7 Å². The normalized spacial score (nSPS) is 18.2. The van der Waals surface area contributed by atoms with E-state index in [-0.39, 0.29) is 35.4 Å². The van der Waals surface area contributed by atoms with Crippen LogP contribution in [0.5, 0.6) is 0 Å². The lowest BCUT2D eigenvalue weighted by Crippen LogP contribution is -2.41. The fourth-order valence-electron chi connectivity index (χ4n) is 4.91. The molecule has 1 aromatic carbocycles. The number of hydrogen-bond acceptors (Lipinski definition) is 5. The smallest absolute Gasteiger partial charge is 0.361 e. The zero-order valence-corrected chi connectivity index (χ0v) is 24.5. The van der Waals surface area contributed by atoms with E-state index in [1.165, 1.54) is 29.1 Å². The lowest BCUT2D eigenvalue weighted by atomic mass is 9.80. The predicted octanol–water partition coefficient (Wildman–Crippen LogP) is 6.49.